The third-order valence-corrected chi connectivity index (χ3v) is 4.75. The smallest absolute Gasteiger partial charge is 0.0987 e. The molecular formula is C18H19Cl2NO. The van der Waals surface area contributed by atoms with Gasteiger partial charge in [0, 0.05) is 16.1 Å². The van der Waals surface area contributed by atoms with Crippen molar-refractivity contribution in [2.24, 2.45) is 0 Å². The molecule has 116 valence electrons. The molecule has 0 aromatic heterocycles. The van der Waals surface area contributed by atoms with Crippen molar-refractivity contribution < 1.29 is 5.11 Å². The molecule has 1 N–H and O–H groups in total. The first-order valence-corrected chi connectivity index (χ1v) is 8.23. The Labute approximate surface area is 141 Å². The summed E-state index contributed by atoms with van der Waals surface area (Å²) in [5, 5.41) is 12.3. The molecule has 1 aliphatic carbocycles. The number of aliphatic hydroxyl groups excluding tert-OH is 1. The second kappa shape index (κ2) is 6.59. The molecule has 0 amide bonds. The van der Waals surface area contributed by atoms with Gasteiger partial charge in [-0.3, -0.25) is 4.90 Å². The van der Waals surface area contributed by atoms with Gasteiger partial charge >= 0.3 is 0 Å². The van der Waals surface area contributed by atoms with Crippen molar-refractivity contribution in [3.05, 3.63) is 69.7 Å². The zero-order valence-electron chi connectivity index (χ0n) is 12.4. The van der Waals surface area contributed by atoms with Gasteiger partial charge in [0.05, 0.1) is 12.1 Å². The molecule has 4 heteroatoms. The SMILES string of the molecule is CN(C1CC1)[C@@H](c1ccc(Cl)cc1)[C@@H](O)c1cccc(Cl)c1. The van der Waals surface area contributed by atoms with E-state index in [-0.39, 0.29) is 6.04 Å². The van der Waals surface area contributed by atoms with Gasteiger partial charge in [0.25, 0.3) is 0 Å². The summed E-state index contributed by atoms with van der Waals surface area (Å²) in [6.07, 6.45) is 1.73. The predicted molar refractivity (Wildman–Crippen MR) is 91.4 cm³/mol. The van der Waals surface area contributed by atoms with Crippen molar-refractivity contribution in [1.29, 1.82) is 0 Å². The second-order valence-electron chi connectivity index (χ2n) is 5.89. The quantitative estimate of drug-likeness (QED) is 0.843. The normalized spacial score (nSPS) is 17.5. The first-order valence-electron chi connectivity index (χ1n) is 7.47. The first kappa shape index (κ1) is 15.8. The van der Waals surface area contributed by atoms with E-state index in [1.165, 1.54) is 12.8 Å². The summed E-state index contributed by atoms with van der Waals surface area (Å²) < 4.78 is 0. The van der Waals surface area contributed by atoms with E-state index in [0.717, 1.165) is 11.1 Å². The summed E-state index contributed by atoms with van der Waals surface area (Å²) in [6, 6.07) is 15.6. The highest BCUT2D eigenvalue weighted by molar-refractivity contribution is 6.30. The number of aliphatic hydroxyl groups is 1. The van der Waals surface area contributed by atoms with Gasteiger partial charge in [-0.2, -0.15) is 0 Å². The van der Waals surface area contributed by atoms with E-state index in [9.17, 15) is 5.11 Å². The molecule has 0 radical (unpaired) electrons. The lowest BCUT2D eigenvalue weighted by Gasteiger charge is -2.33. The van der Waals surface area contributed by atoms with Crippen LogP contribution in [0.3, 0.4) is 0 Å². The van der Waals surface area contributed by atoms with Crippen LogP contribution in [-0.2, 0) is 0 Å². The summed E-state index contributed by atoms with van der Waals surface area (Å²) in [6.45, 7) is 0. The van der Waals surface area contributed by atoms with Crippen LogP contribution in [0.15, 0.2) is 48.5 Å². The van der Waals surface area contributed by atoms with Crippen LogP contribution in [0, 0.1) is 0 Å². The van der Waals surface area contributed by atoms with Crippen LogP contribution >= 0.6 is 23.2 Å². The van der Waals surface area contributed by atoms with Crippen molar-refractivity contribution in [3.63, 3.8) is 0 Å². The minimum atomic E-state index is -0.634. The summed E-state index contributed by atoms with van der Waals surface area (Å²) in [7, 11) is 2.07. The van der Waals surface area contributed by atoms with E-state index in [0.29, 0.717) is 16.1 Å². The monoisotopic (exact) mass is 335 g/mol. The average molecular weight is 336 g/mol. The Morgan fingerprint density at radius 3 is 2.27 bits per heavy atom. The van der Waals surface area contributed by atoms with Crippen molar-refractivity contribution in [2.75, 3.05) is 7.05 Å². The Bertz CT molecular complexity index is 640. The van der Waals surface area contributed by atoms with Crippen molar-refractivity contribution in [1.82, 2.24) is 4.90 Å². The van der Waals surface area contributed by atoms with Crippen LogP contribution in [-0.4, -0.2) is 23.1 Å². The van der Waals surface area contributed by atoms with Crippen LogP contribution in [0.1, 0.15) is 36.1 Å². The number of halogens is 2. The summed E-state index contributed by atoms with van der Waals surface area (Å²) in [5.41, 5.74) is 1.89. The van der Waals surface area contributed by atoms with Crippen molar-refractivity contribution >= 4 is 23.2 Å². The molecule has 2 aromatic carbocycles. The molecule has 0 heterocycles. The highest BCUT2D eigenvalue weighted by atomic mass is 35.5. The van der Waals surface area contributed by atoms with E-state index >= 15 is 0 Å². The molecule has 1 saturated carbocycles. The molecule has 0 aliphatic heterocycles. The first-order chi connectivity index (χ1) is 10.6. The summed E-state index contributed by atoms with van der Waals surface area (Å²) in [5.74, 6) is 0. The van der Waals surface area contributed by atoms with Gasteiger partial charge in [0.2, 0.25) is 0 Å². The molecule has 0 spiro atoms. The van der Waals surface area contributed by atoms with E-state index < -0.39 is 6.10 Å². The Hall–Kier alpha value is -1.06. The standard InChI is InChI=1S/C18H19Cl2NO/c1-21(16-9-10-16)17(12-5-7-14(19)8-6-12)18(22)13-3-2-4-15(20)11-13/h2-8,11,16-18,22H,9-10H2,1H3/t17-,18-/m0/s1. The Balaban J connectivity index is 1.95. The third kappa shape index (κ3) is 3.47. The van der Waals surface area contributed by atoms with E-state index in [2.05, 4.69) is 11.9 Å². The molecule has 3 rings (SSSR count). The highest BCUT2D eigenvalue weighted by Gasteiger charge is 2.36. The van der Waals surface area contributed by atoms with Gasteiger partial charge in [-0.05, 0) is 55.3 Å². The van der Waals surface area contributed by atoms with E-state index in [1.54, 1.807) is 0 Å². The number of benzene rings is 2. The lowest BCUT2D eigenvalue weighted by molar-refractivity contribution is 0.0576. The molecule has 2 nitrogen and oxygen atoms in total. The van der Waals surface area contributed by atoms with Gasteiger partial charge in [0.1, 0.15) is 0 Å². The Morgan fingerprint density at radius 1 is 1.00 bits per heavy atom. The van der Waals surface area contributed by atoms with Crippen LogP contribution in [0.5, 0.6) is 0 Å². The minimum absolute atomic E-state index is 0.108. The topological polar surface area (TPSA) is 23.5 Å². The number of likely N-dealkylation sites (N-methyl/N-ethyl adjacent to an activating group) is 1. The molecule has 1 aliphatic rings. The molecule has 2 aromatic rings. The maximum Gasteiger partial charge on any atom is 0.0987 e. The Kier molecular flexibility index (Phi) is 4.74. The maximum absolute atomic E-state index is 10.9. The zero-order valence-corrected chi connectivity index (χ0v) is 13.9. The van der Waals surface area contributed by atoms with E-state index in [1.807, 2.05) is 48.5 Å². The lowest BCUT2D eigenvalue weighted by Crippen LogP contribution is -2.31. The molecule has 1 fully saturated rings. The summed E-state index contributed by atoms with van der Waals surface area (Å²) >= 11 is 12.1. The fraction of sp³-hybridized carbons (Fsp3) is 0.333. The van der Waals surface area contributed by atoms with Gasteiger partial charge in [-0.1, -0.05) is 47.5 Å². The van der Waals surface area contributed by atoms with Gasteiger partial charge in [-0.15, -0.1) is 0 Å². The van der Waals surface area contributed by atoms with E-state index in [4.69, 9.17) is 23.2 Å². The van der Waals surface area contributed by atoms with Crippen molar-refractivity contribution in [3.8, 4) is 0 Å². The summed E-state index contributed by atoms with van der Waals surface area (Å²) in [4.78, 5) is 2.26. The number of hydrogen-bond acceptors (Lipinski definition) is 2. The molecule has 0 unspecified atom stereocenters. The number of rotatable bonds is 5. The number of hydrogen-bond donors (Lipinski definition) is 1. The lowest BCUT2D eigenvalue weighted by atomic mass is 9.94. The van der Waals surface area contributed by atoms with Crippen molar-refractivity contribution in [2.45, 2.75) is 31.0 Å². The fourth-order valence-corrected chi connectivity index (χ4v) is 3.21. The highest BCUT2D eigenvalue weighted by Crippen LogP contribution is 2.40. The molecule has 0 bridgehead atoms. The number of nitrogens with zero attached hydrogens (tertiary/aromatic N) is 1. The van der Waals surface area contributed by atoms with Gasteiger partial charge < -0.3 is 5.11 Å². The van der Waals surface area contributed by atoms with Crippen LogP contribution in [0.25, 0.3) is 0 Å². The largest absolute Gasteiger partial charge is 0.386 e. The maximum atomic E-state index is 10.9. The van der Waals surface area contributed by atoms with Crippen LogP contribution in [0.4, 0.5) is 0 Å². The fourth-order valence-electron chi connectivity index (χ4n) is 2.88. The average Bonchev–Trinajstić information content (AvgIpc) is 3.34. The zero-order chi connectivity index (χ0) is 15.7. The molecular weight excluding hydrogens is 317 g/mol. The van der Waals surface area contributed by atoms with Crippen LogP contribution < -0.4 is 0 Å². The third-order valence-electron chi connectivity index (χ3n) is 4.26. The van der Waals surface area contributed by atoms with Gasteiger partial charge in [-0.25, -0.2) is 0 Å². The Morgan fingerprint density at radius 2 is 1.68 bits per heavy atom. The predicted octanol–water partition coefficient (Wildman–Crippen LogP) is 4.86. The minimum Gasteiger partial charge on any atom is -0.386 e. The molecule has 0 saturated heterocycles. The molecule has 2 atom stereocenters. The van der Waals surface area contributed by atoms with Gasteiger partial charge in [0.15, 0.2) is 0 Å². The second-order valence-corrected chi connectivity index (χ2v) is 6.77. The molecule has 22 heavy (non-hydrogen) atoms. The van der Waals surface area contributed by atoms with Crippen LogP contribution in [0.2, 0.25) is 10.0 Å².